The number of hydrogen-bond acceptors (Lipinski definition) is 3. The number of ether oxygens (including phenoxy) is 1. The predicted octanol–water partition coefficient (Wildman–Crippen LogP) is 4.69. The van der Waals surface area contributed by atoms with Gasteiger partial charge < -0.3 is 15.0 Å². The fourth-order valence-electron chi connectivity index (χ4n) is 3.79. The fourth-order valence-corrected chi connectivity index (χ4v) is 4.77. The summed E-state index contributed by atoms with van der Waals surface area (Å²) in [4.78, 5) is 28.9. The number of aromatic nitrogens is 1. The van der Waals surface area contributed by atoms with Crippen LogP contribution < -0.4 is 10.7 Å². The maximum absolute atomic E-state index is 13.1. The van der Waals surface area contributed by atoms with Crippen molar-refractivity contribution >= 4 is 51.0 Å². The number of aromatic amines is 1. The minimum atomic E-state index is -0.391. The Morgan fingerprint density at radius 3 is 2.63 bits per heavy atom. The number of halogens is 2. The molecule has 1 saturated heterocycles. The highest BCUT2D eigenvalue weighted by Crippen LogP contribution is 2.24. The number of carbonyl (C=O) groups excluding carboxylic acids is 1. The van der Waals surface area contributed by atoms with Gasteiger partial charge >= 0.3 is 0 Å². The second kappa shape index (κ2) is 9.49. The molecule has 7 heteroatoms. The van der Waals surface area contributed by atoms with Gasteiger partial charge in [-0.05, 0) is 83.2 Å². The molecule has 0 atom stereocenters. The predicted molar refractivity (Wildman–Crippen MR) is 127 cm³/mol. The molecular weight excluding hydrogens is 515 g/mol. The van der Waals surface area contributed by atoms with Gasteiger partial charge in [0.05, 0.1) is 5.52 Å². The van der Waals surface area contributed by atoms with E-state index >= 15 is 0 Å². The highest BCUT2D eigenvalue weighted by Gasteiger charge is 2.18. The molecule has 0 saturated carbocycles. The van der Waals surface area contributed by atoms with Crippen LogP contribution in [0.25, 0.3) is 10.9 Å². The molecule has 0 spiro atoms. The first kappa shape index (κ1) is 21.3. The first-order chi connectivity index (χ1) is 14.5. The third kappa shape index (κ3) is 4.87. The third-order valence-corrected chi connectivity index (χ3v) is 6.58. The van der Waals surface area contributed by atoms with Crippen LogP contribution in [0.5, 0.6) is 0 Å². The molecule has 5 nitrogen and oxygen atoms in total. The summed E-state index contributed by atoms with van der Waals surface area (Å²) in [6, 6.07) is 11.3. The van der Waals surface area contributed by atoms with E-state index in [2.05, 4.69) is 39.0 Å². The van der Waals surface area contributed by atoms with Gasteiger partial charge in [-0.2, -0.15) is 0 Å². The Balaban J connectivity index is 1.57. The average molecular weight is 537 g/mol. The zero-order chi connectivity index (χ0) is 21.1. The summed E-state index contributed by atoms with van der Waals surface area (Å²) in [5.74, 6) is 0.176. The Kier molecular flexibility index (Phi) is 6.75. The van der Waals surface area contributed by atoms with Crippen LogP contribution in [0, 0.1) is 9.49 Å². The monoisotopic (exact) mass is 536 g/mol. The lowest BCUT2D eigenvalue weighted by Crippen LogP contribution is -2.28. The highest BCUT2D eigenvalue weighted by atomic mass is 127. The van der Waals surface area contributed by atoms with Gasteiger partial charge in [0.15, 0.2) is 0 Å². The van der Waals surface area contributed by atoms with E-state index in [1.165, 1.54) is 6.20 Å². The van der Waals surface area contributed by atoms with Crippen molar-refractivity contribution in [2.24, 2.45) is 5.92 Å². The van der Waals surface area contributed by atoms with E-state index < -0.39 is 5.91 Å². The van der Waals surface area contributed by atoms with Crippen molar-refractivity contribution in [3.05, 3.63) is 78.1 Å². The first-order valence-corrected chi connectivity index (χ1v) is 11.4. The lowest BCUT2D eigenvalue weighted by Gasteiger charge is -2.22. The van der Waals surface area contributed by atoms with E-state index in [9.17, 15) is 9.59 Å². The van der Waals surface area contributed by atoms with Crippen LogP contribution in [0.4, 0.5) is 0 Å². The first-order valence-electron chi connectivity index (χ1n) is 9.95. The minimum absolute atomic E-state index is 0.121. The summed E-state index contributed by atoms with van der Waals surface area (Å²) in [5.41, 5.74) is 2.69. The van der Waals surface area contributed by atoms with E-state index in [4.69, 9.17) is 16.3 Å². The molecule has 156 valence electrons. The SMILES string of the molecule is O=C(NCc1ccc(Cl)cc1)c1c[nH]c2c(I)cc(CC3CCOCC3)cc2c1=O. The van der Waals surface area contributed by atoms with Crippen molar-refractivity contribution in [3.63, 3.8) is 0 Å². The Bertz CT molecular complexity index is 1120. The summed E-state index contributed by atoms with van der Waals surface area (Å²) >= 11 is 8.14. The van der Waals surface area contributed by atoms with Crippen molar-refractivity contribution in [1.29, 1.82) is 0 Å². The summed E-state index contributed by atoms with van der Waals surface area (Å²) in [7, 11) is 0. The zero-order valence-corrected chi connectivity index (χ0v) is 19.3. The maximum atomic E-state index is 13.1. The lowest BCUT2D eigenvalue weighted by molar-refractivity contribution is 0.0665. The molecule has 1 fully saturated rings. The van der Waals surface area contributed by atoms with Crippen molar-refractivity contribution in [2.75, 3.05) is 13.2 Å². The molecule has 2 N–H and O–H groups in total. The quantitative estimate of drug-likeness (QED) is 0.465. The molecule has 1 amide bonds. The Hall–Kier alpha value is -1.90. The Morgan fingerprint density at radius 2 is 1.90 bits per heavy atom. The standard InChI is InChI=1S/C23H22ClIN2O3/c24-17-3-1-15(2-4-17)12-27-23(29)19-13-26-21-18(22(19)28)10-16(11-20(21)25)9-14-5-7-30-8-6-14/h1-4,10-11,13-14H,5-9,12H2,(H,26,28)(H,27,29). The molecule has 0 unspecified atom stereocenters. The molecule has 1 aliphatic rings. The van der Waals surface area contributed by atoms with E-state index in [1.807, 2.05) is 18.2 Å². The van der Waals surface area contributed by atoms with Gasteiger partial charge in [0.25, 0.3) is 5.91 Å². The van der Waals surface area contributed by atoms with Crippen LogP contribution in [0.1, 0.15) is 34.3 Å². The van der Waals surface area contributed by atoms with Crippen LogP contribution >= 0.6 is 34.2 Å². The zero-order valence-electron chi connectivity index (χ0n) is 16.3. The number of hydrogen-bond donors (Lipinski definition) is 2. The summed E-state index contributed by atoms with van der Waals surface area (Å²) < 4.78 is 6.43. The van der Waals surface area contributed by atoms with Crippen LogP contribution in [0.2, 0.25) is 5.02 Å². The van der Waals surface area contributed by atoms with Crippen LogP contribution in [-0.2, 0) is 17.7 Å². The molecule has 0 aliphatic carbocycles. The van der Waals surface area contributed by atoms with Crippen LogP contribution in [0.3, 0.4) is 0 Å². The molecule has 2 heterocycles. The second-order valence-electron chi connectivity index (χ2n) is 7.60. The van der Waals surface area contributed by atoms with Gasteiger partial charge in [-0.1, -0.05) is 23.7 Å². The number of carbonyl (C=O) groups is 1. The molecular formula is C23H22ClIN2O3. The molecule has 1 aromatic heterocycles. The average Bonchev–Trinajstić information content (AvgIpc) is 2.75. The normalized spacial score (nSPS) is 14.7. The number of H-pyrrole nitrogens is 1. The number of amides is 1. The van der Waals surface area contributed by atoms with Gasteiger partial charge in [0, 0.05) is 39.9 Å². The summed E-state index contributed by atoms with van der Waals surface area (Å²) in [5, 5.41) is 4.02. The third-order valence-electron chi connectivity index (χ3n) is 5.48. The van der Waals surface area contributed by atoms with E-state index in [-0.39, 0.29) is 11.0 Å². The largest absolute Gasteiger partial charge is 0.381 e. The summed E-state index contributed by atoms with van der Waals surface area (Å²) in [6.07, 6.45) is 4.50. The molecule has 2 aromatic carbocycles. The topological polar surface area (TPSA) is 71.2 Å². The molecule has 0 radical (unpaired) electrons. The molecule has 1 aliphatic heterocycles. The van der Waals surface area contributed by atoms with Crippen LogP contribution in [-0.4, -0.2) is 24.1 Å². The highest BCUT2D eigenvalue weighted by molar-refractivity contribution is 14.1. The Morgan fingerprint density at radius 1 is 1.17 bits per heavy atom. The molecule has 0 bridgehead atoms. The Labute approximate surface area is 193 Å². The van der Waals surface area contributed by atoms with Gasteiger partial charge in [-0.15, -0.1) is 0 Å². The van der Waals surface area contributed by atoms with E-state index in [1.54, 1.807) is 12.1 Å². The lowest BCUT2D eigenvalue weighted by atomic mass is 9.92. The van der Waals surface area contributed by atoms with Crippen molar-refractivity contribution in [2.45, 2.75) is 25.8 Å². The smallest absolute Gasteiger partial charge is 0.257 e. The number of rotatable bonds is 5. The van der Waals surface area contributed by atoms with Crippen LogP contribution in [0.15, 0.2) is 47.4 Å². The number of benzene rings is 2. The number of fused-ring (bicyclic) bond motifs is 1. The fraction of sp³-hybridized carbons (Fsp3) is 0.304. The van der Waals surface area contributed by atoms with Gasteiger partial charge in [-0.3, -0.25) is 9.59 Å². The van der Waals surface area contributed by atoms with Gasteiger partial charge in [0.2, 0.25) is 5.43 Å². The number of nitrogens with one attached hydrogen (secondary N) is 2. The van der Waals surface area contributed by atoms with Gasteiger partial charge in [0.1, 0.15) is 5.56 Å². The minimum Gasteiger partial charge on any atom is -0.381 e. The number of pyridine rings is 1. The van der Waals surface area contributed by atoms with E-state index in [0.717, 1.165) is 52.7 Å². The van der Waals surface area contributed by atoms with Gasteiger partial charge in [-0.25, -0.2) is 0 Å². The van der Waals surface area contributed by atoms with Crippen molar-refractivity contribution in [1.82, 2.24) is 10.3 Å². The summed E-state index contributed by atoms with van der Waals surface area (Å²) in [6.45, 7) is 1.93. The van der Waals surface area contributed by atoms with E-state index in [0.29, 0.717) is 22.9 Å². The van der Waals surface area contributed by atoms with Crippen molar-refractivity contribution in [3.8, 4) is 0 Å². The van der Waals surface area contributed by atoms with Crippen molar-refractivity contribution < 1.29 is 9.53 Å². The maximum Gasteiger partial charge on any atom is 0.257 e. The molecule has 30 heavy (non-hydrogen) atoms. The molecule has 4 rings (SSSR count). The second-order valence-corrected chi connectivity index (χ2v) is 9.20. The molecule has 3 aromatic rings.